The number of hydrogen-bond acceptors (Lipinski definition) is 1. The second kappa shape index (κ2) is 5.32. The molecule has 4 rings (SSSR count). The van der Waals surface area contributed by atoms with Crippen LogP contribution < -0.4 is 5.32 Å². The lowest BCUT2D eigenvalue weighted by atomic mass is 9.43. The Morgan fingerprint density at radius 2 is 2.00 bits per heavy atom. The Bertz CT molecular complexity index is 630. The standard InChI is InChI=1S/C17H20Br3NO/c1-10-5-4-6-11(9-10)21-14(22)17-8-7-16(12(17)18,13(19)20)15(17,2)3/h4-6,9,12-13H,7-8H2,1-3H3,(H,21,22)/t12-,16-,17+/m0/s1. The number of halogens is 3. The number of amides is 1. The topological polar surface area (TPSA) is 29.1 Å². The van der Waals surface area contributed by atoms with E-state index in [0.717, 1.165) is 24.1 Å². The summed E-state index contributed by atoms with van der Waals surface area (Å²) in [5, 5.41) is 3.15. The van der Waals surface area contributed by atoms with Gasteiger partial charge in [-0.05, 0) is 42.9 Å². The fourth-order valence-electron chi connectivity index (χ4n) is 4.66. The zero-order valence-corrected chi connectivity index (χ0v) is 17.7. The Labute approximate surface area is 157 Å². The number of benzene rings is 1. The van der Waals surface area contributed by atoms with Gasteiger partial charge in [-0.2, -0.15) is 0 Å². The average Bonchev–Trinajstić information content (AvgIpc) is 2.88. The summed E-state index contributed by atoms with van der Waals surface area (Å²) in [5.74, 6) is 0.138. The average molecular weight is 494 g/mol. The summed E-state index contributed by atoms with van der Waals surface area (Å²) in [6, 6.07) is 7.99. The van der Waals surface area contributed by atoms with Crippen LogP contribution in [0.4, 0.5) is 5.69 Å². The number of carbonyl (C=O) groups excluding carboxylic acids is 1. The second-order valence-corrected chi connectivity index (χ2v) is 11.1. The number of rotatable bonds is 3. The largest absolute Gasteiger partial charge is 0.326 e. The fraction of sp³-hybridized carbons (Fsp3) is 0.588. The Hall–Kier alpha value is 0.130. The van der Waals surface area contributed by atoms with Gasteiger partial charge in [0.1, 0.15) is 0 Å². The van der Waals surface area contributed by atoms with E-state index in [-0.39, 0.29) is 30.7 Å². The predicted octanol–water partition coefficient (Wildman–Crippen LogP) is 5.62. The molecule has 0 spiro atoms. The van der Waals surface area contributed by atoms with Crippen LogP contribution in [-0.2, 0) is 4.79 Å². The number of anilines is 1. The first-order valence-electron chi connectivity index (χ1n) is 7.50. The number of alkyl halides is 3. The minimum atomic E-state index is -0.351. The molecular formula is C17H20Br3NO. The van der Waals surface area contributed by atoms with Crippen LogP contribution in [0.2, 0.25) is 0 Å². The molecule has 0 aliphatic heterocycles. The third kappa shape index (κ3) is 1.85. The van der Waals surface area contributed by atoms with Gasteiger partial charge < -0.3 is 5.32 Å². The molecule has 2 nitrogen and oxygen atoms in total. The van der Waals surface area contributed by atoms with E-state index in [1.54, 1.807) is 0 Å². The monoisotopic (exact) mass is 491 g/mol. The van der Waals surface area contributed by atoms with E-state index in [9.17, 15) is 4.79 Å². The molecule has 0 saturated heterocycles. The number of nitrogens with one attached hydrogen (secondary N) is 1. The molecular weight excluding hydrogens is 474 g/mol. The van der Waals surface area contributed by atoms with Gasteiger partial charge in [0.2, 0.25) is 5.91 Å². The smallest absolute Gasteiger partial charge is 0.232 e. The molecule has 0 unspecified atom stereocenters. The number of hydrogen-bond donors (Lipinski definition) is 1. The van der Waals surface area contributed by atoms with Crippen molar-refractivity contribution in [3.8, 4) is 0 Å². The van der Waals surface area contributed by atoms with E-state index in [0.29, 0.717) is 0 Å². The Balaban J connectivity index is 1.91. The van der Waals surface area contributed by atoms with E-state index in [1.807, 2.05) is 31.2 Å². The van der Waals surface area contributed by atoms with Crippen molar-refractivity contribution in [2.24, 2.45) is 16.2 Å². The van der Waals surface area contributed by atoms with Gasteiger partial charge in [-0.3, -0.25) is 4.79 Å². The van der Waals surface area contributed by atoms with E-state index in [2.05, 4.69) is 67.0 Å². The molecule has 1 amide bonds. The second-order valence-electron chi connectivity index (χ2n) is 7.12. The molecule has 120 valence electrons. The highest BCUT2D eigenvalue weighted by Crippen LogP contribution is 2.82. The van der Waals surface area contributed by atoms with Crippen LogP contribution in [0.5, 0.6) is 0 Å². The summed E-state index contributed by atoms with van der Waals surface area (Å²) in [4.78, 5) is 13.3. The Kier molecular flexibility index (Phi) is 4.10. The molecule has 0 aromatic heterocycles. The maximum atomic E-state index is 13.1. The summed E-state index contributed by atoms with van der Waals surface area (Å²) >= 11 is 11.3. The summed E-state index contributed by atoms with van der Waals surface area (Å²) < 4.78 is 0.203. The molecule has 5 heteroatoms. The summed E-state index contributed by atoms with van der Waals surface area (Å²) in [6.07, 6.45) is 1.96. The van der Waals surface area contributed by atoms with Gasteiger partial charge in [0.25, 0.3) is 0 Å². The van der Waals surface area contributed by atoms with Gasteiger partial charge >= 0.3 is 0 Å². The highest BCUT2D eigenvalue weighted by molar-refractivity contribution is 9.24. The van der Waals surface area contributed by atoms with Crippen molar-refractivity contribution in [3.05, 3.63) is 29.8 Å². The zero-order chi connectivity index (χ0) is 16.3. The zero-order valence-electron chi connectivity index (χ0n) is 12.9. The van der Waals surface area contributed by atoms with Crippen LogP contribution in [0.3, 0.4) is 0 Å². The van der Waals surface area contributed by atoms with Crippen molar-refractivity contribution in [2.45, 2.75) is 42.2 Å². The third-order valence-electron chi connectivity index (χ3n) is 6.17. The van der Waals surface area contributed by atoms with E-state index in [1.165, 1.54) is 0 Å². The minimum Gasteiger partial charge on any atom is -0.326 e. The molecule has 3 saturated carbocycles. The summed E-state index contributed by atoms with van der Waals surface area (Å²) in [7, 11) is 0. The highest BCUT2D eigenvalue weighted by Gasteiger charge is 2.83. The first kappa shape index (κ1) is 17.0. The van der Waals surface area contributed by atoms with Gasteiger partial charge in [-0.25, -0.2) is 0 Å². The van der Waals surface area contributed by atoms with Crippen molar-refractivity contribution in [1.29, 1.82) is 0 Å². The normalized spacial score (nSPS) is 35.3. The van der Waals surface area contributed by atoms with Gasteiger partial charge in [-0.1, -0.05) is 73.8 Å². The Morgan fingerprint density at radius 3 is 2.50 bits per heavy atom. The maximum Gasteiger partial charge on any atom is 0.232 e. The van der Waals surface area contributed by atoms with Gasteiger partial charge in [0, 0.05) is 15.9 Å². The fourth-order valence-corrected chi connectivity index (χ4v) is 9.58. The maximum absolute atomic E-state index is 13.1. The molecule has 22 heavy (non-hydrogen) atoms. The van der Waals surface area contributed by atoms with Crippen LogP contribution in [0.25, 0.3) is 0 Å². The lowest BCUT2D eigenvalue weighted by molar-refractivity contribution is -0.155. The molecule has 1 aromatic rings. The lowest BCUT2D eigenvalue weighted by Crippen LogP contribution is -2.71. The molecule has 3 aliphatic carbocycles. The first-order valence-corrected chi connectivity index (χ1v) is 10.3. The molecule has 1 aromatic carbocycles. The SMILES string of the molecule is Cc1cccc(NC(=O)[C@@]23CC[C@@](C(Br)Br)([C@@H]2Br)C3(C)C)c1. The van der Waals surface area contributed by atoms with Crippen molar-refractivity contribution < 1.29 is 4.79 Å². The molecule has 1 N–H and O–H groups in total. The summed E-state index contributed by atoms with van der Waals surface area (Å²) in [5.41, 5.74) is 1.68. The van der Waals surface area contributed by atoms with E-state index < -0.39 is 0 Å². The van der Waals surface area contributed by atoms with Crippen LogP contribution in [0, 0.1) is 23.2 Å². The number of fused-ring (bicyclic) bond motifs is 1. The molecule has 3 atom stereocenters. The predicted molar refractivity (Wildman–Crippen MR) is 102 cm³/mol. The highest BCUT2D eigenvalue weighted by atomic mass is 79.9. The van der Waals surface area contributed by atoms with E-state index >= 15 is 0 Å². The lowest BCUT2D eigenvalue weighted by Gasteiger charge is -2.66. The van der Waals surface area contributed by atoms with Crippen LogP contribution in [-0.4, -0.2) is 14.5 Å². The van der Waals surface area contributed by atoms with Crippen molar-refractivity contribution in [2.75, 3.05) is 5.32 Å². The van der Waals surface area contributed by atoms with Crippen molar-refractivity contribution >= 4 is 59.4 Å². The van der Waals surface area contributed by atoms with Crippen molar-refractivity contribution in [3.63, 3.8) is 0 Å². The minimum absolute atomic E-state index is 0.0664. The van der Waals surface area contributed by atoms with Gasteiger partial charge in [0.05, 0.1) is 9.15 Å². The molecule has 0 heterocycles. The first-order chi connectivity index (χ1) is 10.2. The van der Waals surface area contributed by atoms with Gasteiger partial charge in [0.15, 0.2) is 0 Å². The number of carbonyl (C=O) groups is 1. The third-order valence-corrected chi connectivity index (χ3v) is 9.40. The Morgan fingerprint density at radius 1 is 1.32 bits per heavy atom. The van der Waals surface area contributed by atoms with Crippen LogP contribution in [0.15, 0.2) is 24.3 Å². The molecule has 3 fully saturated rings. The van der Waals surface area contributed by atoms with Crippen molar-refractivity contribution in [1.82, 2.24) is 0 Å². The molecule has 3 aliphatic rings. The van der Waals surface area contributed by atoms with E-state index in [4.69, 9.17) is 0 Å². The molecule has 2 bridgehead atoms. The van der Waals surface area contributed by atoms with Crippen LogP contribution >= 0.6 is 47.8 Å². The quantitative estimate of drug-likeness (QED) is 0.544. The summed E-state index contributed by atoms with van der Waals surface area (Å²) in [6.45, 7) is 6.49. The number of aryl methyl sites for hydroxylation is 1. The van der Waals surface area contributed by atoms with Crippen LogP contribution in [0.1, 0.15) is 32.3 Å². The molecule has 0 radical (unpaired) electrons. The van der Waals surface area contributed by atoms with Gasteiger partial charge in [-0.15, -0.1) is 0 Å².